The standard InChI is InChI=1S/C17H22N2O3/c1-10(2)9-22-16(20)14-12(4)18-17(21)19-15(14)13-7-5-11(3)6-8-13/h5-8,10,14-15H,4,9H2,1-3H3,(H2,18,19,21). The van der Waals surface area contributed by atoms with E-state index in [0.29, 0.717) is 12.3 Å². The van der Waals surface area contributed by atoms with E-state index in [1.807, 2.05) is 45.0 Å². The number of urea groups is 1. The SMILES string of the molecule is C=C1NC(=O)NC(c2ccc(C)cc2)C1C(=O)OCC(C)C. The maximum Gasteiger partial charge on any atom is 0.319 e. The number of aryl methyl sites for hydroxylation is 1. The molecule has 118 valence electrons. The summed E-state index contributed by atoms with van der Waals surface area (Å²) in [5.41, 5.74) is 2.33. The van der Waals surface area contributed by atoms with Crippen LogP contribution < -0.4 is 10.6 Å². The molecule has 0 aliphatic carbocycles. The molecule has 0 aromatic heterocycles. The summed E-state index contributed by atoms with van der Waals surface area (Å²) in [6.45, 7) is 10.1. The van der Waals surface area contributed by atoms with Crippen molar-refractivity contribution in [3.63, 3.8) is 0 Å². The van der Waals surface area contributed by atoms with Gasteiger partial charge in [0.05, 0.1) is 12.6 Å². The molecular formula is C17H22N2O3. The minimum atomic E-state index is -0.640. The maximum absolute atomic E-state index is 12.4. The van der Waals surface area contributed by atoms with Gasteiger partial charge in [-0.3, -0.25) is 4.79 Å². The van der Waals surface area contributed by atoms with Crippen LogP contribution in [0.1, 0.15) is 31.0 Å². The Kier molecular flexibility index (Phi) is 4.85. The number of nitrogens with one attached hydrogen (secondary N) is 2. The molecule has 0 spiro atoms. The highest BCUT2D eigenvalue weighted by atomic mass is 16.5. The van der Waals surface area contributed by atoms with Crippen LogP contribution in [0.2, 0.25) is 0 Å². The van der Waals surface area contributed by atoms with Crippen molar-refractivity contribution in [3.05, 3.63) is 47.7 Å². The van der Waals surface area contributed by atoms with Crippen LogP contribution in [0.4, 0.5) is 4.79 Å². The van der Waals surface area contributed by atoms with Crippen molar-refractivity contribution in [2.24, 2.45) is 11.8 Å². The van der Waals surface area contributed by atoms with Crippen LogP contribution in [0, 0.1) is 18.8 Å². The Morgan fingerprint density at radius 2 is 1.95 bits per heavy atom. The van der Waals surface area contributed by atoms with Gasteiger partial charge in [-0.1, -0.05) is 50.3 Å². The molecule has 5 heteroatoms. The normalized spacial score (nSPS) is 21.3. The minimum Gasteiger partial charge on any atom is -0.465 e. The Morgan fingerprint density at radius 3 is 2.55 bits per heavy atom. The van der Waals surface area contributed by atoms with Crippen molar-refractivity contribution < 1.29 is 14.3 Å². The first-order chi connectivity index (χ1) is 10.4. The number of rotatable bonds is 4. The fraction of sp³-hybridized carbons (Fsp3) is 0.412. The van der Waals surface area contributed by atoms with Crippen molar-refractivity contribution in [1.29, 1.82) is 0 Å². The van der Waals surface area contributed by atoms with Gasteiger partial charge >= 0.3 is 12.0 Å². The van der Waals surface area contributed by atoms with E-state index in [-0.39, 0.29) is 17.9 Å². The monoisotopic (exact) mass is 302 g/mol. The van der Waals surface area contributed by atoms with E-state index in [9.17, 15) is 9.59 Å². The lowest BCUT2D eigenvalue weighted by atomic mass is 9.88. The van der Waals surface area contributed by atoms with Crippen molar-refractivity contribution in [2.45, 2.75) is 26.8 Å². The molecule has 1 aromatic rings. The summed E-state index contributed by atoms with van der Waals surface area (Å²) in [7, 11) is 0. The van der Waals surface area contributed by atoms with Gasteiger partial charge in [0.25, 0.3) is 0 Å². The average molecular weight is 302 g/mol. The van der Waals surface area contributed by atoms with Gasteiger partial charge in [-0.05, 0) is 18.4 Å². The number of esters is 1. The molecule has 1 heterocycles. The largest absolute Gasteiger partial charge is 0.465 e. The molecule has 2 rings (SSSR count). The molecule has 1 saturated heterocycles. The molecule has 0 saturated carbocycles. The third-order valence-electron chi connectivity index (χ3n) is 3.52. The van der Waals surface area contributed by atoms with Crippen LogP contribution in [0.3, 0.4) is 0 Å². The second kappa shape index (κ2) is 6.64. The molecule has 1 aromatic carbocycles. The van der Waals surface area contributed by atoms with E-state index in [2.05, 4.69) is 17.2 Å². The van der Waals surface area contributed by atoms with Crippen molar-refractivity contribution in [1.82, 2.24) is 10.6 Å². The van der Waals surface area contributed by atoms with Crippen LogP contribution >= 0.6 is 0 Å². The van der Waals surface area contributed by atoms with Gasteiger partial charge in [0.2, 0.25) is 0 Å². The number of hydrogen-bond acceptors (Lipinski definition) is 3. The number of carbonyl (C=O) groups is 2. The van der Waals surface area contributed by atoms with Crippen molar-refractivity contribution in [3.8, 4) is 0 Å². The molecule has 2 amide bonds. The van der Waals surface area contributed by atoms with Gasteiger partial charge in [0.1, 0.15) is 5.92 Å². The lowest BCUT2D eigenvalue weighted by molar-refractivity contribution is -0.149. The first kappa shape index (κ1) is 16.1. The summed E-state index contributed by atoms with van der Waals surface area (Å²) in [6.07, 6.45) is 0. The van der Waals surface area contributed by atoms with E-state index in [4.69, 9.17) is 4.74 Å². The highest BCUT2D eigenvalue weighted by molar-refractivity contribution is 5.85. The van der Waals surface area contributed by atoms with Crippen LogP contribution in [0.25, 0.3) is 0 Å². The van der Waals surface area contributed by atoms with E-state index >= 15 is 0 Å². The molecule has 1 fully saturated rings. The number of ether oxygens (including phenoxy) is 1. The first-order valence-electron chi connectivity index (χ1n) is 7.38. The second-order valence-electron chi connectivity index (χ2n) is 6.01. The third-order valence-corrected chi connectivity index (χ3v) is 3.52. The summed E-state index contributed by atoms with van der Waals surface area (Å²) in [6, 6.07) is 6.87. The van der Waals surface area contributed by atoms with Gasteiger partial charge < -0.3 is 15.4 Å². The van der Waals surface area contributed by atoms with Gasteiger partial charge in [0, 0.05) is 5.70 Å². The molecular weight excluding hydrogens is 280 g/mol. The lowest BCUT2D eigenvalue weighted by Crippen LogP contribution is -2.51. The lowest BCUT2D eigenvalue weighted by Gasteiger charge is -2.33. The highest BCUT2D eigenvalue weighted by Gasteiger charge is 2.38. The first-order valence-corrected chi connectivity index (χ1v) is 7.38. The molecule has 5 nitrogen and oxygen atoms in total. The van der Waals surface area contributed by atoms with Gasteiger partial charge in [-0.15, -0.1) is 0 Å². The third kappa shape index (κ3) is 3.67. The van der Waals surface area contributed by atoms with Crippen molar-refractivity contribution >= 4 is 12.0 Å². The van der Waals surface area contributed by atoms with Crippen LogP contribution in [-0.2, 0) is 9.53 Å². The fourth-order valence-electron chi connectivity index (χ4n) is 2.35. The summed E-state index contributed by atoms with van der Waals surface area (Å²) in [5, 5.41) is 5.35. The Morgan fingerprint density at radius 1 is 1.32 bits per heavy atom. The smallest absolute Gasteiger partial charge is 0.319 e. The molecule has 2 atom stereocenters. The highest BCUT2D eigenvalue weighted by Crippen LogP contribution is 2.30. The van der Waals surface area contributed by atoms with E-state index in [1.54, 1.807) is 0 Å². The second-order valence-corrected chi connectivity index (χ2v) is 6.01. The molecule has 1 aliphatic rings. The Balaban J connectivity index is 2.25. The molecule has 0 bridgehead atoms. The number of hydrogen-bond donors (Lipinski definition) is 2. The summed E-state index contributed by atoms with van der Waals surface area (Å²) in [5.74, 6) is -0.767. The number of amides is 2. The number of carbonyl (C=O) groups excluding carboxylic acids is 2. The Hall–Kier alpha value is -2.30. The minimum absolute atomic E-state index is 0.251. The van der Waals surface area contributed by atoms with E-state index in [1.165, 1.54) is 0 Å². The predicted octanol–water partition coefficient (Wildman–Crippen LogP) is 2.68. The quantitative estimate of drug-likeness (QED) is 0.840. The topological polar surface area (TPSA) is 67.4 Å². The number of benzene rings is 1. The fourth-order valence-corrected chi connectivity index (χ4v) is 2.35. The zero-order valence-electron chi connectivity index (χ0n) is 13.2. The average Bonchev–Trinajstić information content (AvgIpc) is 2.44. The molecule has 22 heavy (non-hydrogen) atoms. The summed E-state index contributed by atoms with van der Waals surface area (Å²) < 4.78 is 5.33. The van der Waals surface area contributed by atoms with Crippen LogP contribution in [0.15, 0.2) is 36.5 Å². The van der Waals surface area contributed by atoms with E-state index in [0.717, 1.165) is 11.1 Å². The van der Waals surface area contributed by atoms with Crippen LogP contribution in [0.5, 0.6) is 0 Å². The molecule has 1 aliphatic heterocycles. The molecule has 2 N–H and O–H groups in total. The van der Waals surface area contributed by atoms with Crippen LogP contribution in [-0.4, -0.2) is 18.6 Å². The summed E-state index contributed by atoms with van der Waals surface area (Å²) >= 11 is 0. The Bertz CT molecular complexity index is 578. The zero-order valence-corrected chi connectivity index (χ0v) is 13.2. The maximum atomic E-state index is 12.4. The van der Waals surface area contributed by atoms with E-state index < -0.39 is 12.0 Å². The van der Waals surface area contributed by atoms with Crippen molar-refractivity contribution in [2.75, 3.05) is 6.61 Å². The van der Waals surface area contributed by atoms with Gasteiger partial charge in [0.15, 0.2) is 0 Å². The van der Waals surface area contributed by atoms with Gasteiger partial charge in [-0.2, -0.15) is 0 Å². The Labute approximate surface area is 130 Å². The molecule has 0 radical (unpaired) electrons. The zero-order chi connectivity index (χ0) is 16.3. The molecule has 2 unspecified atom stereocenters. The van der Waals surface area contributed by atoms with Gasteiger partial charge in [-0.25, -0.2) is 4.79 Å². The predicted molar refractivity (Wildman–Crippen MR) is 84.0 cm³/mol. The summed E-state index contributed by atoms with van der Waals surface area (Å²) in [4.78, 5) is 24.1.